The number of nitrogens with zero attached hydrogens (tertiary/aromatic N) is 1. The van der Waals surface area contributed by atoms with Crippen LogP contribution in [0.3, 0.4) is 0 Å². The maximum absolute atomic E-state index is 5.64. The average Bonchev–Trinajstić information content (AvgIpc) is 2.95. The third kappa shape index (κ3) is 1.79. The smallest absolute Gasteiger partial charge is 0.0928 e. The molecule has 4 atom stereocenters. The molecular formula is C14H17NO. The number of benzene rings is 1. The number of rotatable bonds is 3. The van der Waals surface area contributed by atoms with Crippen molar-refractivity contribution in [1.82, 2.24) is 4.90 Å². The first-order valence-corrected chi connectivity index (χ1v) is 5.95. The first-order valence-electron chi connectivity index (χ1n) is 5.95. The fraction of sp³-hybridized carbons (Fsp3) is 0.429. The predicted octanol–water partition coefficient (Wildman–Crippen LogP) is 2.39. The highest BCUT2D eigenvalue weighted by Gasteiger charge is 2.43. The molecule has 0 spiro atoms. The van der Waals surface area contributed by atoms with E-state index in [1.54, 1.807) is 0 Å². The molecule has 0 N–H and O–H groups in total. The number of hydrogen-bond acceptors (Lipinski definition) is 2. The summed E-state index contributed by atoms with van der Waals surface area (Å²) in [6.07, 6.45) is 4.64. The van der Waals surface area contributed by atoms with Crippen LogP contribution >= 0.6 is 0 Å². The lowest BCUT2D eigenvalue weighted by Crippen LogP contribution is -2.19. The maximum Gasteiger partial charge on any atom is 0.0928 e. The highest BCUT2D eigenvalue weighted by atomic mass is 16.5. The van der Waals surface area contributed by atoms with Gasteiger partial charge in [-0.2, -0.15) is 0 Å². The summed E-state index contributed by atoms with van der Waals surface area (Å²) in [7, 11) is 0. The first kappa shape index (κ1) is 10.1. The third-order valence-electron chi connectivity index (χ3n) is 3.56. The van der Waals surface area contributed by atoms with Gasteiger partial charge in [0.1, 0.15) is 0 Å². The summed E-state index contributed by atoms with van der Waals surface area (Å²) in [5.74, 6) is 0. The minimum Gasteiger partial charge on any atom is -0.368 e. The van der Waals surface area contributed by atoms with Crippen molar-refractivity contribution in [2.75, 3.05) is 13.2 Å². The summed E-state index contributed by atoms with van der Waals surface area (Å²) >= 11 is 0. The molecule has 1 aromatic rings. The molecule has 2 aliphatic rings. The number of hydrogen-bond donors (Lipinski definition) is 0. The Hall–Kier alpha value is -1.12. The average molecular weight is 215 g/mol. The van der Waals surface area contributed by atoms with Crippen LogP contribution < -0.4 is 0 Å². The van der Waals surface area contributed by atoms with Gasteiger partial charge >= 0.3 is 0 Å². The van der Waals surface area contributed by atoms with Gasteiger partial charge < -0.3 is 4.74 Å². The molecule has 1 unspecified atom stereocenters. The summed E-state index contributed by atoms with van der Waals surface area (Å²) in [5.41, 5.74) is 1.40. The van der Waals surface area contributed by atoms with Crippen molar-refractivity contribution in [2.24, 2.45) is 0 Å². The Morgan fingerprint density at radius 2 is 2.12 bits per heavy atom. The van der Waals surface area contributed by atoms with Crippen LogP contribution in [0.15, 0.2) is 42.5 Å². The molecule has 16 heavy (non-hydrogen) atoms. The van der Waals surface area contributed by atoms with E-state index in [1.165, 1.54) is 5.56 Å². The van der Waals surface area contributed by atoms with Gasteiger partial charge in [0.25, 0.3) is 0 Å². The second-order valence-electron chi connectivity index (χ2n) is 4.58. The van der Waals surface area contributed by atoms with Crippen molar-refractivity contribution >= 4 is 0 Å². The largest absolute Gasteiger partial charge is 0.368 e. The minimum atomic E-state index is 0.325. The van der Waals surface area contributed by atoms with E-state index < -0.39 is 0 Å². The molecule has 0 amide bonds. The second-order valence-corrected chi connectivity index (χ2v) is 4.58. The van der Waals surface area contributed by atoms with Gasteiger partial charge in [0.05, 0.1) is 18.8 Å². The normalized spacial score (nSPS) is 33.9. The second kappa shape index (κ2) is 4.04. The van der Waals surface area contributed by atoms with Crippen LogP contribution in [0.5, 0.6) is 0 Å². The van der Waals surface area contributed by atoms with Gasteiger partial charge in [-0.15, -0.1) is 0 Å². The maximum atomic E-state index is 5.64. The minimum absolute atomic E-state index is 0.325. The summed E-state index contributed by atoms with van der Waals surface area (Å²) in [4.78, 5) is 2.50. The van der Waals surface area contributed by atoms with Gasteiger partial charge in [-0.25, -0.2) is 0 Å². The molecule has 84 valence electrons. The van der Waals surface area contributed by atoms with Gasteiger partial charge in [-0.1, -0.05) is 42.5 Å². The molecule has 1 aromatic carbocycles. The van der Waals surface area contributed by atoms with Crippen molar-refractivity contribution < 1.29 is 4.74 Å². The van der Waals surface area contributed by atoms with Crippen molar-refractivity contribution in [3.05, 3.63) is 48.0 Å². The van der Waals surface area contributed by atoms with Crippen molar-refractivity contribution in [3.8, 4) is 0 Å². The van der Waals surface area contributed by atoms with Crippen molar-refractivity contribution in [2.45, 2.75) is 25.1 Å². The summed E-state index contributed by atoms with van der Waals surface area (Å²) in [6, 6.07) is 11.8. The Labute approximate surface area is 96.5 Å². The van der Waals surface area contributed by atoms with Crippen LogP contribution in [0.4, 0.5) is 0 Å². The van der Waals surface area contributed by atoms with E-state index in [-0.39, 0.29) is 0 Å². The summed E-state index contributed by atoms with van der Waals surface area (Å²) in [6.45, 7) is 4.22. The molecule has 0 aliphatic carbocycles. The molecule has 1 saturated heterocycles. The van der Waals surface area contributed by atoms with Gasteiger partial charge in [-0.05, 0) is 12.5 Å². The lowest BCUT2D eigenvalue weighted by Gasteiger charge is -2.16. The SMILES string of the molecule is C[C@H](c1ccccc1)N1C[C@H]1[C@H]1C=CCO1. The van der Waals surface area contributed by atoms with Crippen molar-refractivity contribution in [3.63, 3.8) is 0 Å². The zero-order valence-corrected chi connectivity index (χ0v) is 9.54. The van der Waals surface area contributed by atoms with Crippen LogP contribution in [0.2, 0.25) is 0 Å². The lowest BCUT2D eigenvalue weighted by molar-refractivity contribution is 0.112. The molecular weight excluding hydrogens is 198 g/mol. The molecule has 0 aromatic heterocycles. The Kier molecular flexibility index (Phi) is 2.54. The predicted molar refractivity (Wildman–Crippen MR) is 64.2 cm³/mol. The van der Waals surface area contributed by atoms with E-state index in [0.29, 0.717) is 18.2 Å². The molecule has 2 heteroatoms. The van der Waals surface area contributed by atoms with Crippen LogP contribution in [-0.4, -0.2) is 30.2 Å². The van der Waals surface area contributed by atoms with Crippen LogP contribution in [0, 0.1) is 0 Å². The monoisotopic (exact) mass is 215 g/mol. The van der Waals surface area contributed by atoms with Crippen LogP contribution in [0.1, 0.15) is 18.5 Å². The van der Waals surface area contributed by atoms with Gasteiger partial charge in [0, 0.05) is 12.6 Å². The molecule has 3 rings (SSSR count). The fourth-order valence-electron chi connectivity index (χ4n) is 2.48. The lowest BCUT2D eigenvalue weighted by atomic mass is 10.1. The van der Waals surface area contributed by atoms with Gasteiger partial charge in [0.2, 0.25) is 0 Å². The first-order chi connectivity index (χ1) is 7.86. The molecule has 0 saturated carbocycles. The number of ether oxygens (including phenoxy) is 1. The zero-order chi connectivity index (χ0) is 11.0. The topological polar surface area (TPSA) is 12.2 Å². The van der Waals surface area contributed by atoms with E-state index in [2.05, 4.69) is 54.3 Å². The van der Waals surface area contributed by atoms with Crippen LogP contribution in [0.25, 0.3) is 0 Å². The molecule has 0 bridgehead atoms. The summed E-state index contributed by atoms with van der Waals surface area (Å²) in [5, 5.41) is 0. The standard InChI is InChI=1S/C14H17NO/c1-11(12-6-3-2-4-7-12)15-10-13(15)14-8-5-9-16-14/h2-8,11,13-14H,9-10H2,1H3/t11-,13+,14-,15?/m1/s1. The highest BCUT2D eigenvalue weighted by molar-refractivity contribution is 5.21. The summed E-state index contributed by atoms with van der Waals surface area (Å²) < 4.78 is 5.64. The Morgan fingerprint density at radius 3 is 2.81 bits per heavy atom. The molecule has 2 aliphatic heterocycles. The molecule has 2 heterocycles. The zero-order valence-electron chi connectivity index (χ0n) is 9.54. The Balaban J connectivity index is 1.65. The van der Waals surface area contributed by atoms with Crippen molar-refractivity contribution in [1.29, 1.82) is 0 Å². The van der Waals surface area contributed by atoms with E-state index in [0.717, 1.165) is 13.2 Å². The van der Waals surface area contributed by atoms with E-state index in [4.69, 9.17) is 4.74 Å². The highest BCUT2D eigenvalue weighted by Crippen LogP contribution is 2.35. The van der Waals surface area contributed by atoms with Gasteiger partial charge in [0.15, 0.2) is 0 Å². The van der Waals surface area contributed by atoms with E-state index >= 15 is 0 Å². The molecule has 1 fully saturated rings. The van der Waals surface area contributed by atoms with E-state index in [9.17, 15) is 0 Å². The van der Waals surface area contributed by atoms with Gasteiger partial charge in [-0.3, -0.25) is 4.90 Å². The Bertz CT molecular complexity index is 387. The van der Waals surface area contributed by atoms with E-state index in [1.807, 2.05) is 0 Å². The third-order valence-corrected chi connectivity index (χ3v) is 3.56. The quantitative estimate of drug-likeness (QED) is 0.567. The Morgan fingerprint density at radius 1 is 1.31 bits per heavy atom. The molecule has 2 nitrogen and oxygen atoms in total. The molecule has 0 radical (unpaired) electrons. The van der Waals surface area contributed by atoms with Crippen LogP contribution in [-0.2, 0) is 4.74 Å². The fourth-order valence-corrected chi connectivity index (χ4v) is 2.48.